The highest BCUT2D eigenvalue weighted by Crippen LogP contribution is 2.41. The Bertz CT molecular complexity index is 1210. The summed E-state index contributed by atoms with van der Waals surface area (Å²) < 4.78 is 17.4. The van der Waals surface area contributed by atoms with Gasteiger partial charge in [-0.25, -0.2) is 0 Å². The van der Waals surface area contributed by atoms with Crippen LogP contribution in [0.5, 0.6) is 11.5 Å². The highest BCUT2D eigenvalue weighted by atomic mass is 16.5. The number of rotatable bonds is 11. The minimum absolute atomic E-state index is 0.0258. The van der Waals surface area contributed by atoms with E-state index in [9.17, 15) is 9.90 Å². The van der Waals surface area contributed by atoms with Crippen LogP contribution in [0.3, 0.4) is 0 Å². The molecule has 1 amide bonds. The molecule has 6 heteroatoms. The van der Waals surface area contributed by atoms with E-state index in [0.29, 0.717) is 5.56 Å². The largest absolute Gasteiger partial charge is 0.497 e. The summed E-state index contributed by atoms with van der Waals surface area (Å²) in [5.41, 5.74) is 2.12. The second-order valence-electron chi connectivity index (χ2n) is 8.55. The molecule has 0 saturated carbocycles. The molecule has 6 nitrogen and oxygen atoms in total. The van der Waals surface area contributed by atoms with E-state index in [1.807, 2.05) is 84.9 Å². The molecule has 0 fully saturated rings. The summed E-state index contributed by atoms with van der Waals surface area (Å²) in [7, 11) is 3.25. The number of carbonyl (C=O) groups is 1. The van der Waals surface area contributed by atoms with Gasteiger partial charge in [0.15, 0.2) is 0 Å². The van der Waals surface area contributed by atoms with Gasteiger partial charge in [0.25, 0.3) is 5.91 Å². The summed E-state index contributed by atoms with van der Waals surface area (Å²) >= 11 is 0. The normalized spacial score (nSPS) is 12.0. The predicted octanol–water partition coefficient (Wildman–Crippen LogP) is 4.80. The van der Waals surface area contributed by atoms with Gasteiger partial charge in [0.2, 0.25) is 0 Å². The Labute approximate surface area is 217 Å². The molecular weight excluding hydrogens is 466 g/mol. The molecule has 4 aromatic rings. The van der Waals surface area contributed by atoms with Crippen molar-refractivity contribution in [2.45, 2.75) is 11.7 Å². The molecule has 0 radical (unpaired) electrons. The number of amides is 1. The molecule has 1 atom stereocenters. The van der Waals surface area contributed by atoms with Crippen molar-refractivity contribution < 1.29 is 24.1 Å². The molecule has 0 spiro atoms. The molecule has 0 aromatic heterocycles. The molecule has 0 aliphatic rings. The van der Waals surface area contributed by atoms with Crippen molar-refractivity contribution in [1.29, 1.82) is 0 Å². The smallest absolute Gasteiger partial charge is 0.251 e. The maximum Gasteiger partial charge on any atom is 0.251 e. The number of hydrogen-bond donors (Lipinski definition) is 2. The molecule has 0 saturated heterocycles. The van der Waals surface area contributed by atoms with E-state index in [2.05, 4.69) is 5.32 Å². The van der Waals surface area contributed by atoms with Crippen LogP contribution in [0.2, 0.25) is 0 Å². The Hall–Kier alpha value is -4.13. The molecule has 0 aliphatic heterocycles. The van der Waals surface area contributed by atoms with Crippen LogP contribution in [0.15, 0.2) is 109 Å². The standard InChI is InChI=1S/C31H31NO5/c1-35-28-17-13-25(14-18-28)31(24-11-7-4-8-12-24,26-15-19-29(36-2)20-16-26)37-22-27(33)21-32-30(34)23-9-5-3-6-10-23/h3-20,27,33H,21-22H2,1-2H3,(H,32,34). The average molecular weight is 498 g/mol. The van der Waals surface area contributed by atoms with Gasteiger partial charge in [-0.05, 0) is 53.1 Å². The zero-order chi connectivity index (χ0) is 26.1. The first kappa shape index (κ1) is 25.9. The molecule has 190 valence electrons. The Morgan fingerprint density at radius 3 is 1.68 bits per heavy atom. The quantitative estimate of drug-likeness (QED) is 0.291. The number of aliphatic hydroxyl groups is 1. The summed E-state index contributed by atoms with van der Waals surface area (Å²) in [6.07, 6.45) is -0.938. The summed E-state index contributed by atoms with van der Waals surface area (Å²) in [6.45, 7) is 0.0197. The SMILES string of the molecule is COc1ccc(C(OCC(O)CNC(=O)c2ccccc2)(c2ccccc2)c2ccc(OC)cc2)cc1. The number of hydrogen-bond acceptors (Lipinski definition) is 5. The second kappa shape index (κ2) is 12.2. The van der Waals surface area contributed by atoms with Gasteiger partial charge in [-0.3, -0.25) is 4.79 Å². The van der Waals surface area contributed by atoms with Gasteiger partial charge < -0.3 is 24.6 Å². The Morgan fingerprint density at radius 2 is 1.19 bits per heavy atom. The molecule has 2 N–H and O–H groups in total. The van der Waals surface area contributed by atoms with Crippen molar-refractivity contribution in [3.63, 3.8) is 0 Å². The monoisotopic (exact) mass is 497 g/mol. The first-order chi connectivity index (χ1) is 18.1. The van der Waals surface area contributed by atoms with Crippen LogP contribution in [0.1, 0.15) is 27.0 Å². The van der Waals surface area contributed by atoms with Crippen molar-refractivity contribution in [2.75, 3.05) is 27.4 Å². The van der Waals surface area contributed by atoms with E-state index in [4.69, 9.17) is 14.2 Å². The minimum Gasteiger partial charge on any atom is -0.497 e. The van der Waals surface area contributed by atoms with E-state index in [1.54, 1.807) is 38.5 Å². The first-order valence-corrected chi connectivity index (χ1v) is 12.1. The van der Waals surface area contributed by atoms with E-state index in [0.717, 1.165) is 28.2 Å². The predicted molar refractivity (Wildman–Crippen MR) is 143 cm³/mol. The van der Waals surface area contributed by atoms with Crippen LogP contribution in [0.25, 0.3) is 0 Å². The lowest BCUT2D eigenvalue weighted by Gasteiger charge is -2.36. The molecule has 4 aromatic carbocycles. The van der Waals surface area contributed by atoms with Crippen molar-refractivity contribution in [3.05, 3.63) is 131 Å². The molecule has 0 heterocycles. The van der Waals surface area contributed by atoms with Crippen LogP contribution in [0, 0.1) is 0 Å². The second-order valence-corrected chi connectivity index (χ2v) is 8.55. The number of ether oxygens (including phenoxy) is 3. The third kappa shape index (κ3) is 6.00. The number of methoxy groups -OCH3 is 2. The van der Waals surface area contributed by atoms with Crippen molar-refractivity contribution in [3.8, 4) is 11.5 Å². The van der Waals surface area contributed by atoms with Gasteiger partial charge in [0, 0.05) is 12.1 Å². The summed E-state index contributed by atoms with van der Waals surface area (Å²) in [4.78, 5) is 12.4. The molecule has 4 rings (SSSR count). The zero-order valence-corrected chi connectivity index (χ0v) is 21.0. The fraction of sp³-hybridized carbons (Fsp3) is 0.194. The Kier molecular flexibility index (Phi) is 8.56. The van der Waals surface area contributed by atoms with Crippen molar-refractivity contribution in [2.24, 2.45) is 0 Å². The Balaban J connectivity index is 1.66. The molecule has 0 bridgehead atoms. The summed E-state index contributed by atoms with van der Waals surface area (Å²) in [5.74, 6) is 1.20. The lowest BCUT2D eigenvalue weighted by Crippen LogP contribution is -2.39. The molecule has 1 unspecified atom stereocenters. The van der Waals surface area contributed by atoms with Gasteiger partial charge in [-0.15, -0.1) is 0 Å². The van der Waals surface area contributed by atoms with Gasteiger partial charge in [-0.2, -0.15) is 0 Å². The van der Waals surface area contributed by atoms with E-state index in [-0.39, 0.29) is 19.1 Å². The van der Waals surface area contributed by atoms with Crippen molar-refractivity contribution in [1.82, 2.24) is 5.32 Å². The number of carbonyl (C=O) groups excluding carboxylic acids is 1. The summed E-state index contributed by atoms with van der Waals surface area (Å²) in [5, 5.41) is 13.6. The fourth-order valence-corrected chi connectivity index (χ4v) is 4.26. The fourth-order valence-electron chi connectivity index (χ4n) is 4.26. The topological polar surface area (TPSA) is 77.0 Å². The lowest BCUT2D eigenvalue weighted by atomic mass is 9.80. The highest BCUT2D eigenvalue weighted by Gasteiger charge is 2.38. The van der Waals surface area contributed by atoms with Crippen molar-refractivity contribution >= 4 is 5.91 Å². The van der Waals surface area contributed by atoms with Gasteiger partial charge >= 0.3 is 0 Å². The third-order valence-corrected chi connectivity index (χ3v) is 6.20. The van der Waals surface area contributed by atoms with E-state index in [1.165, 1.54) is 0 Å². The Morgan fingerprint density at radius 1 is 0.730 bits per heavy atom. The number of nitrogens with one attached hydrogen (secondary N) is 1. The lowest BCUT2D eigenvalue weighted by molar-refractivity contribution is -0.0368. The molecule has 0 aliphatic carbocycles. The first-order valence-electron chi connectivity index (χ1n) is 12.1. The van der Waals surface area contributed by atoms with E-state index >= 15 is 0 Å². The van der Waals surface area contributed by atoms with Crippen LogP contribution in [-0.4, -0.2) is 44.5 Å². The average Bonchev–Trinajstić information content (AvgIpc) is 2.97. The van der Waals surface area contributed by atoms with Crippen LogP contribution in [-0.2, 0) is 10.3 Å². The molecular formula is C31H31NO5. The van der Waals surface area contributed by atoms with Crippen LogP contribution in [0.4, 0.5) is 0 Å². The number of aliphatic hydroxyl groups excluding tert-OH is 1. The zero-order valence-electron chi connectivity index (χ0n) is 21.0. The maximum atomic E-state index is 12.4. The van der Waals surface area contributed by atoms with Gasteiger partial charge in [0.1, 0.15) is 17.1 Å². The summed E-state index contributed by atoms with van der Waals surface area (Å²) in [6, 6.07) is 34.1. The third-order valence-electron chi connectivity index (χ3n) is 6.20. The minimum atomic E-state index is -1.04. The van der Waals surface area contributed by atoms with Crippen LogP contribution >= 0.6 is 0 Å². The van der Waals surface area contributed by atoms with Crippen LogP contribution < -0.4 is 14.8 Å². The van der Waals surface area contributed by atoms with E-state index < -0.39 is 11.7 Å². The van der Waals surface area contributed by atoms with Gasteiger partial charge in [-0.1, -0.05) is 72.8 Å². The maximum absolute atomic E-state index is 12.4. The number of benzene rings is 4. The van der Waals surface area contributed by atoms with Gasteiger partial charge in [0.05, 0.1) is 26.9 Å². The highest BCUT2D eigenvalue weighted by molar-refractivity contribution is 5.94. The molecule has 37 heavy (non-hydrogen) atoms.